The van der Waals surface area contributed by atoms with E-state index in [1.807, 2.05) is 18.2 Å². The molecule has 140 valence electrons. The van der Waals surface area contributed by atoms with Gasteiger partial charge in [-0.1, -0.05) is 24.3 Å². The number of hydrogen-bond donors (Lipinski definition) is 0. The highest BCUT2D eigenvalue weighted by Gasteiger charge is 2.27. The van der Waals surface area contributed by atoms with Crippen molar-refractivity contribution >= 4 is 17.3 Å². The maximum atomic E-state index is 13.3. The smallest absolute Gasteiger partial charge is 0.270 e. The van der Waals surface area contributed by atoms with Crippen LogP contribution >= 0.6 is 0 Å². The minimum Gasteiger partial charge on any atom is -0.378 e. The molecular formula is C20H21N3O4. The van der Waals surface area contributed by atoms with Gasteiger partial charge in [0.15, 0.2) is 0 Å². The normalized spacial score (nSPS) is 16.7. The van der Waals surface area contributed by atoms with E-state index in [2.05, 4.69) is 11.0 Å². The number of fused-ring (bicyclic) bond motifs is 1. The molecule has 0 aromatic heterocycles. The maximum absolute atomic E-state index is 13.3. The first-order chi connectivity index (χ1) is 13.1. The van der Waals surface area contributed by atoms with Gasteiger partial charge < -0.3 is 14.5 Å². The van der Waals surface area contributed by atoms with Crippen LogP contribution < -0.4 is 4.90 Å². The summed E-state index contributed by atoms with van der Waals surface area (Å²) in [5.41, 5.74) is 3.47. The van der Waals surface area contributed by atoms with Crippen LogP contribution in [0.5, 0.6) is 0 Å². The van der Waals surface area contributed by atoms with E-state index in [4.69, 9.17) is 4.74 Å². The molecule has 2 heterocycles. The number of benzene rings is 2. The Hall–Kier alpha value is -2.93. The predicted octanol–water partition coefficient (Wildman–Crippen LogP) is 2.63. The minimum absolute atomic E-state index is 0.0623. The Bertz CT molecular complexity index is 877. The first-order valence-corrected chi connectivity index (χ1v) is 9.10. The Morgan fingerprint density at radius 3 is 2.52 bits per heavy atom. The highest BCUT2D eigenvalue weighted by atomic mass is 16.6. The molecular weight excluding hydrogens is 346 g/mol. The SMILES string of the molecule is O=C(c1cc([N+](=O)[O-])ccc1N1CCOCC1)N1CCc2ccccc2C1. The number of non-ortho nitro benzene ring substituents is 1. The number of carbonyl (C=O) groups excluding carboxylic acids is 1. The number of nitro groups is 1. The molecule has 27 heavy (non-hydrogen) atoms. The lowest BCUT2D eigenvalue weighted by Gasteiger charge is -2.33. The van der Waals surface area contributed by atoms with Gasteiger partial charge in [0, 0.05) is 38.3 Å². The van der Waals surface area contributed by atoms with Crippen LogP contribution in [0.1, 0.15) is 21.5 Å². The lowest BCUT2D eigenvalue weighted by molar-refractivity contribution is -0.384. The summed E-state index contributed by atoms with van der Waals surface area (Å²) in [5, 5.41) is 11.3. The molecule has 2 aliphatic heterocycles. The molecule has 0 N–H and O–H groups in total. The molecule has 0 unspecified atom stereocenters. The van der Waals surface area contributed by atoms with Crippen molar-refractivity contribution < 1.29 is 14.5 Å². The van der Waals surface area contributed by atoms with Crippen LogP contribution in [0.4, 0.5) is 11.4 Å². The average Bonchev–Trinajstić information content (AvgIpc) is 2.73. The Morgan fingerprint density at radius 2 is 1.78 bits per heavy atom. The average molecular weight is 367 g/mol. The molecule has 1 fully saturated rings. The predicted molar refractivity (Wildman–Crippen MR) is 101 cm³/mol. The van der Waals surface area contributed by atoms with Gasteiger partial charge in [-0.25, -0.2) is 0 Å². The second kappa shape index (κ2) is 7.36. The van der Waals surface area contributed by atoms with Gasteiger partial charge in [-0.05, 0) is 23.6 Å². The van der Waals surface area contributed by atoms with E-state index >= 15 is 0 Å². The third-order valence-corrected chi connectivity index (χ3v) is 5.19. The van der Waals surface area contributed by atoms with Gasteiger partial charge >= 0.3 is 0 Å². The second-order valence-corrected chi connectivity index (χ2v) is 6.80. The van der Waals surface area contributed by atoms with E-state index < -0.39 is 4.92 Å². The van der Waals surface area contributed by atoms with Crippen molar-refractivity contribution in [2.75, 3.05) is 37.7 Å². The van der Waals surface area contributed by atoms with Gasteiger partial charge in [0.05, 0.1) is 29.4 Å². The Kier molecular flexibility index (Phi) is 4.77. The molecule has 0 aliphatic carbocycles. The first kappa shape index (κ1) is 17.5. The summed E-state index contributed by atoms with van der Waals surface area (Å²) in [4.78, 5) is 27.9. The van der Waals surface area contributed by atoms with E-state index in [0.717, 1.165) is 17.7 Å². The van der Waals surface area contributed by atoms with Gasteiger partial charge in [-0.2, -0.15) is 0 Å². The molecule has 2 aliphatic rings. The number of carbonyl (C=O) groups is 1. The zero-order chi connectivity index (χ0) is 18.8. The van der Waals surface area contributed by atoms with Gasteiger partial charge in [0.2, 0.25) is 0 Å². The molecule has 1 saturated heterocycles. The monoisotopic (exact) mass is 367 g/mol. The number of nitro benzene ring substituents is 1. The second-order valence-electron chi connectivity index (χ2n) is 6.80. The van der Waals surface area contributed by atoms with E-state index in [9.17, 15) is 14.9 Å². The summed E-state index contributed by atoms with van der Waals surface area (Å²) in [6.07, 6.45) is 0.795. The van der Waals surface area contributed by atoms with Gasteiger partial charge in [0.1, 0.15) is 0 Å². The molecule has 0 saturated carbocycles. The fourth-order valence-electron chi connectivity index (χ4n) is 3.73. The van der Waals surface area contributed by atoms with Crippen LogP contribution in [0.15, 0.2) is 42.5 Å². The van der Waals surface area contributed by atoms with Crippen molar-refractivity contribution in [3.05, 3.63) is 69.3 Å². The number of hydrogen-bond acceptors (Lipinski definition) is 5. The van der Waals surface area contributed by atoms with Gasteiger partial charge in [-0.3, -0.25) is 14.9 Å². The maximum Gasteiger partial charge on any atom is 0.270 e. The van der Waals surface area contributed by atoms with Crippen molar-refractivity contribution in [2.45, 2.75) is 13.0 Å². The molecule has 0 atom stereocenters. The van der Waals surface area contributed by atoms with Crippen LogP contribution in [0.2, 0.25) is 0 Å². The van der Waals surface area contributed by atoms with E-state index in [1.165, 1.54) is 17.7 Å². The molecule has 0 spiro atoms. The number of morpholine rings is 1. The largest absolute Gasteiger partial charge is 0.378 e. The summed E-state index contributed by atoms with van der Waals surface area (Å²) in [6, 6.07) is 12.7. The molecule has 0 radical (unpaired) electrons. The minimum atomic E-state index is -0.453. The molecule has 1 amide bonds. The summed E-state index contributed by atoms with van der Waals surface area (Å²) >= 11 is 0. The van der Waals surface area contributed by atoms with Crippen molar-refractivity contribution in [3.8, 4) is 0 Å². The fourth-order valence-corrected chi connectivity index (χ4v) is 3.73. The van der Waals surface area contributed by atoms with Crippen molar-refractivity contribution in [2.24, 2.45) is 0 Å². The zero-order valence-corrected chi connectivity index (χ0v) is 15.0. The summed E-state index contributed by atoms with van der Waals surface area (Å²) in [5.74, 6) is -0.158. The summed E-state index contributed by atoms with van der Waals surface area (Å²) in [7, 11) is 0. The number of nitrogens with zero attached hydrogens (tertiary/aromatic N) is 3. The molecule has 2 aromatic carbocycles. The Balaban J connectivity index is 1.67. The van der Waals surface area contributed by atoms with E-state index in [-0.39, 0.29) is 11.6 Å². The van der Waals surface area contributed by atoms with Gasteiger partial charge in [0.25, 0.3) is 11.6 Å². The Labute approximate surface area is 157 Å². The third kappa shape index (κ3) is 3.50. The summed E-state index contributed by atoms with van der Waals surface area (Å²) in [6.45, 7) is 3.65. The number of rotatable bonds is 3. The lowest BCUT2D eigenvalue weighted by atomic mass is 9.99. The number of ether oxygens (including phenoxy) is 1. The third-order valence-electron chi connectivity index (χ3n) is 5.19. The van der Waals surface area contributed by atoms with Crippen molar-refractivity contribution in [3.63, 3.8) is 0 Å². The molecule has 7 heteroatoms. The molecule has 2 aromatic rings. The van der Waals surface area contributed by atoms with Crippen LogP contribution in [0, 0.1) is 10.1 Å². The highest BCUT2D eigenvalue weighted by molar-refractivity contribution is 6.00. The first-order valence-electron chi connectivity index (χ1n) is 9.10. The standard InChI is InChI=1S/C20H21N3O4/c24-20(22-8-7-15-3-1-2-4-16(15)14-22)18-13-17(23(25)26)5-6-19(18)21-9-11-27-12-10-21/h1-6,13H,7-12,14H2. The summed E-state index contributed by atoms with van der Waals surface area (Å²) < 4.78 is 5.39. The van der Waals surface area contributed by atoms with Crippen LogP contribution in [0.25, 0.3) is 0 Å². The fraction of sp³-hybridized carbons (Fsp3) is 0.350. The van der Waals surface area contributed by atoms with E-state index in [1.54, 1.807) is 11.0 Å². The van der Waals surface area contributed by atoms with Crippen molar-refractivity contribution in [1.82, 2.24) is 4.90 Å². The zero-order valence-electron chi connectivity index (χ0n) is 15.0. The molecule has 4 rings (SSSR count). The highest BCUT2D eigenvalue weighted by Crippen LogP contribution is 2.29. The van der Waals surface area contributed by atoms with Crippen LogP contribution in [-0.2, 0) is 17.7 Å². The lowest BCUT2D eigenvalue weighted by Crippen LogP contribution is -2.40. The number of anilines is 1. The van der Waals surface area contributed by atoms with Crippen molar-refractivity contribution in [1.29, 1.82) is 0 Å². The molecule has 0 bridgehead atoms. The number of amides is 1. The van der Waals surface area contributed by atoms with E-state index in [0.29, 0.717) is 45.0 Å². The van der Waals surface area contributed by atoms with Crippen LogP contribution in [0.3, 0.4) is 0 Å². The van der Waals surface area contributed by atoms with Crippen LogP contribution in [-0.4, -0.2) is 48.6 Å². The quantitative estimate of drug-likeness (QED) is 0.616. The molecule has 7 nitrogen and oxygen atoms in total. The topological polar surface area (TPSA) is 75.9 Å². The Morgan fingerprint density at radius 1 is 1.04 bits per heavy atom. The van der Waals surface area contributed by atoms with Gasteiger partial charge in [-0.15, -0.1) is 0 Å².